The molecule has 0 bridgehead atoms. The van der Waals surface area contributed by atoms with E-state index in [1.165, 1.54) is 5.56 Å². The average Bonchev–Trinajstić information content (AvgIpc) is 2.09. The van der Waals surface area contributed by atoms with E-state index in [1.54, 1.807) is 0 Å². The van der Waals surface area contributed by atoms with Crippen molar-refractivity contribution in [2.24, 2.45) is 0 Å². The van der Waals surface area contributed by atoms with Crippen LogP contribution in [0.2, 0.25) is 5.02 Å². The molecule has 0 saturated carbocycles. The van der Waals surface area contributed by atoms with Crippen LogP contribution in [0.3, 0.4) is 0 Å². The molecule has 0 aliphatic carbocycles. The van der Waals surface area contributed by atoms with Gasteiger partial charge in [-0.3, -0.25) is 0 Å². The molecule has 1 aromatic carbocycles. The molecule has 1 aromatic rings. The highest BCUT2D eigenvalue weighted by Gasteiger charge is 2.01. The number of benzene rings is 1. The normalized spacial score (nSPS) is 12.8. The second kappa shape index (κ2) is 5.25. The van der Waals surface area contributed by atoms with E-state index in [4.69, 9.17) is 16.3 Å². The molecular weight excluding hydrogens is 184 g/mol. The van der Waals surface area contributed by atoms with Crippen LogP contribution in [-0.2, 0) is 11.2 Å². The molecule has 0 amide bonds. The molecule has 0 saturated heterocycles. The maximum absolute atomic E-state index is 5.78. The van der Waals surface area contributed by atoms with Gasteiger partial charge in [0.2, 0.25) is 0 Å². The Morgan fingerprint density at radius 3 is 2.46 bits per heavy atom. The Labute approximate surface area is 84.7 Å². The van der Waals surface area contributed by atoms with Crippen LogP contribution < -0.4 is 0 Å². The summed E-state index contributed by atoms with van der Waals surface area (Å²) < 4.78 is 5.44. The SMILES string of the molecule is CCOC(C)Cc1ccc(Cl)cc1. The lowest BCUT2D eigenvalue weighted by Crippen LogP contribution is -2.10. The fourth-order valence-corrected chi connectivity index (χ4v) is 1.42. The maximum Gasteiger partial charge on any atom is 0.0587 e. The lowest BCUT2D eigenvalue weighted by Gasteiger charge is -2.11. The quantitative estimate of drug-likeness (QED) is 0.722. The van der Waals surface area contributed by atoms with Crippen molar-refractivity contribution in [1.82, 2.24) is 0 Å². The zero-order valence-electron chi connectivity index (χ0n) is 8.09. The maximum atomic E-state index is 5.78. The Morgan fingerprint density at radius 2 is 1.92 bits per heavy atom. The van der Waals surface area contributed by atoms with E-state index in [0.29, 0.717) is 0 Å². The van der Waals surface area contributed by atoms with Gasteiger partial charge in [-0.1, -0.05) is 23.7 Å². The van der Waals surface area contributed by atoms with E-state index in [2.05, 4.69) is 6.92 Å². The fourth-order valence-electron chi connectivity index (χ4n) is 1.30. The first kappa shape index (κ1) is 10.6. The molecule has 0 fully saturated rings. The van der Waals surface area contributed by atoms with Gasteiger partial charge in [-0.2, -0.15) is 0 Å². The third-order valence-corrected chi connectivity index (χ3v) is 2.14. The highest BCUT2D eigenvalue weighted by Crippen LogP contribution is 2.11. The van der Waals surface area contributed by atoms with Gasteiger partial charge in [0.05, 0.1) is 6.10 Å². The number of halogens is 1. The standard InChI is InChI=1S/C11H15ClO/c1-3-13-9(2)8-10-4-6-11(12)7-5-10/h4-7,9H,3,8H2,1-2H3. The molecule has 0 heterocycles. The van der Waals surface area contributed by atoms with E-state index in [0.717, 1.165) is 18.1 Å². The van der Waals surface area contributed by atoms with E-state index in [-0.39, 0.29) is 6.10 Å². The summed E-state index contributed by atoms with van der Waals surface area (Å²) in [6.45, 7) is 4.87. The highest BCUT2D eigenvalue weighted by atomic mass is 35.5. The smallest absolute Gasteiger partial charge is 0.0587 e. The Kier molecular flexibility index (Phi) is 4.26. The van der Waals surface area contributed by atoms with Gasteiger partial charge in [0.1, 0.15) is 0 Å². The van der Waals surface area contributed by atoms with Crippen LogP contribution in [0.4, 0.5) is 0 Å². The van der Waals surface area contributed by atoms with E-state index < -0.39 is 0 Å². The molecule has 1 nitrogen and oxygen atoms in total. The van der Waals surface area contributed by atoms with Gasteiger partial charge in [0.25, 0.3) is 0 Å². The summed E-state index contributed by atoms with van der Waals surface area (Å²) in [7, 11) is 0. The van der Waals surface area contributed by atoms with Crippen molar-refractivity contribution in [1.29, 1.82) is 0 Å². The summed E-state index contributed by atoms with van der Waals surface area (Å²) in [5, 5.41) is 0.785. The Hall–Kier alpha value is -0.530. The molecule has 1 atom stereocenters. The van der Waals surface area contributed by atoms with Crippen LogP contribution in [0.5, 0.6) is 0 Å². The molecule has 72 valence electrons. The van der Waals surface area contributed by atoms with Crippen LogP contribution in [0.25, 0.3) is 0 Å². The van der Waals surface area contributed by atoms with Crippen molar-refractivity contribution in [2.75, 3.05) is 6.61 Å². The first-order chi connectivity index (χ1) is 6.22. The van der Waals surface area contributed by atoms with Crippen LogP contribution in [-0.4, -0.2) is 12.7 Å². The van der Waals surface area contributed by atoms with Gasteiger partial charge in [-0.25, -0.2) is 0 Å². The van der Waals surface area contributed by atoms with Crippen molar-refractivity contribution < 1.29 is 4.74 Å². The van der Waals surface area contributed by atoms with Crippen molar-refractivity contribution in [3.05, 3.63) is 34.9 Å². The predicted octanol–water partition coefficient (Wildman–Crippen LogP) is 3.31. The Balaban J connectivity index is 2.49. The van der Waals surface area contributed by atoms with Gasteiger partial charge in [-0.15, -0.1) is 0 Å². The zero-order chi connectivity index (χ0) is 9.68. The largest absolute Gasteiger partial charge is 0.378 e. The lowest BCUT2D eigenvalue weighted by molar-refractivity contribution is 0.0768. The monoisotopic (exact) mass is 198 g/mol. The molecule has 2 heteroatoms. The minimum atomic E-state index is 0.283. The summed E-state index contributed by atoms with van der Waals surface area (Å²) in [5.41, 5.74) is 1.27. The summed E-state index contributed by atoms with van der Waals surface area (Å²) in [5.74, 6) is 0. The van der Waals surface area contributed by atoms with Crippen LogP contribution in [0.1, 0.15) is 19.4 Å². The van der Waals surface area contributed by atoms with Crippen molar-refractivity contribution in [2.45, 2.75) is 26.4 Å². The minimum absolute atomic E-state index is 0.283. The highest BCUT2D eigenvalue weighted by molar-refractivity contribution is 6.30. The first-order valence-electron chi connectivity index (χ1n) is 4.58. The minimum Gasteiger partial charge on any atom is -0.378 e. The summed E-state index contributed by atoms with van der Waals surface area (Å²) in [4.78, 5) is 0. The van der Waals surface area contributed by atoms with Crippen LogP contribution >= 0.6 is 11.6 Å². The number of ether oxygens (including phenoxy) is 1. The van der Waals surface area contributed by atoms with E-state index in [9.17, 15) is 0 Å². The summed E-state index contributed by atoms with van der Waals surface area (Å²) in [6, 6.07) is 7.90. The molecule has 1 unspecified atom stereocenters. The third-order valence-electron chi connectivity index (χ3n) is 1.89. The molecule has 0 aliphatic heterocycles. The Bertz CT molecular complexity index is 243. The van der Waals surface area contributed by atoms with Gasteiger partial charge in [-0.05, 0) is 38.0 Å². The second-order valence-corrected chi connectivity index (χ2v) is 3.53. The predicted molar refractivity (Wildman–Crippen MR) is 56.2 cm³/mol. The summed E-state index contributed by atoms with van der Waals surface area (Å²) in [6.07, 6.45) is 1.23. The summed E-state index contributed by atoms with van der Waals surface area (Å²) >= 11 is 5.78. The van der Waals surface area contributed by atoms with Gasteiger partial charge < -0.3 is 4.74 Å². The molecule has 0 aliphatic rings. The average molecular weight is 199 g/mol. The second-order valence-electron chi connectivity index (χ2n) is 3.10. The topological polar surface area (TPSA) is 9.23 Å². The Morgan fingerprint density at radius 1 is 1.31 bits per heavy atom. The fraction of sp³-hybridized carbons (Fsp3) is 0.455. The molecule has 0 aromatic heterocycles. The van der Waals surface area contributed by atoms with Crippen LogP contribution in [0, 0.1) is 0 Å². The van der Waals surface area contributed by atoms with Gasteiger partial charge >= 0.3 is 0 Å². The third kappa shape index (κ3) is 3.79. The first-order valence-corrected chi connectivity index (χ1v) is 4.96. The van der Waals surface area contributed by atoms with Gasteiger partial charge in [0.15, 0.2) is 0 Å². The lowest BCUT2D eigenvalue weighted by atomic mass is 10.1. The van der Waals surface area contributed by atoms with Crippen LogP contribution in [0.15, 0.2) is 24.3 Å². The zero-order valence-corrected chi connectivity index (χ0v) is 8.84. The molecule has 1 rings (SSSR count). The molecular formula is C11H15ClO. The number of rotatable bonds is 4. The van der Waals surface area contributed by atoms with Gasteiger partial charge in [0, 0.05) is 11.6 Å². The number of hydrogen-bond donors (Lipinski definition) is 0. The van der Waals surface area contributed by atoms with E-state index in [1.807, 2.05) is 31.2 Å². The van der Waals surface area contributed by atoms with E-state index >= 15 is 0 Å². The van der Waals surface area contributed by atoms with Crippen molar-refractivity contribution in [3.8, 4) is 0 Å². The molecule has 0 radical (unpaired) electrons. The van der Waals surface area contributed by atoms with Crippen molar-refractivity contribution in [3.63, 3.8) is 0 Å². The van der Waals surface area contributed by atoms with Crippen molar-refractivity contribution >= 4 is 11.6 Å². The molecule has 0 spiro atoms. The molecule has 0 N–H and O–H groups in total. The molecule has 13 heavy (non-hydrogen) atoms. The number of hydrogen-bond acceptors (Lipinski definition) is 1.